The fraction of sp³-hybridized carbons (Fsp3) is 0.538. The second-order valence-corrected chi connectivity index (χ2v) is 4.73. The average Bonchev–Trinajstić information content (AvgIpc) is 2.71. The predicted molar refractivity (Wildman–Crippen MR) is 72.6 cm³/mol. The number of hydrogen-bond donors (Lipinski definition) is 2. The van der Waals surface area contributed by atoms with Crippen molar-refractivity contribution in [2.45, 2.75) is 19.8 Å². The maximum Gasteiger partial charge on any atom is 0.270 e. The van der Waals surface area contributed by atoms with Crippen LogP contribution in [0.25, 0.3) is 0 Å². The van der Waals surface area contributed by atoms with Crippen LogP contribution in [0.5, 0.6) is 0 Å². The smallest absolute Gasteiger partial charge is 0.270 e. The number of carbonyl (C=O) groups is 2. The zero-order valence-electron chi connectivity index (χ0n) is 11.2. The monoisotopic (exact) mass is 264 g/mol. The maximum atomic E-state index is 12.2. The summed E-state index contributed by atoms with van der Waals surface area (Å²) >= 11 is 0. The van der Waals surface area contributed by atoms with E-state index in [4.69, 9.17) is 5.73 Å². The van der Waals surface area contributed by atoms with Crippen LogP contribution in [0, 0.1) is 0 Å². The van der Waals surface area contributed by atoms with E-state index in [9.17, 15) is 9.59 Å². The van der Waals surface area contributed by atoms with E-state index in [0.717, 1.165) is 13.0 Å². The van der Waals surface area contributed by atoms with E-state index in [1.54, 1.807) is 17.2 Å². The molecule has 1 aliphatic heterocycles. The van der Waals surface area contributed by atoms with Gasteiger partial charge in [-0.2, -0.15) is 0 Å². The fourth-order valence-corrected chi connectivity index (χ4v) is 2.30. The van der Waals surface area contributed by atoms with Crippen LogP contribution in [0.1, 0.15) is 30.3 Å². The van der Waals surface area contributed by atoms with Gasteiger partial charge in [-0.25, -0.2) is 0 Å². The normalized spacial score (nSPS) is 16.3. The molecule has 1 aromatic rings. The van der Waals surface area contributed by atoms with Gasteiger partial charge in [0.05, 0.1) is 0 Å². The molecule has 0 saturated carbocycles. The van der Waals surface area contributed by atoms with Gasteiger partial charge in [0.1, 0.15) is 5.69 Å². The Morgan fingerprint density at radius 1 is 1.26 bits per heavy atom. The first-order valence-corrected chi connectivity index (χ1v) is 6.62. The van der Waals surface area contributed by atoms with Crippen LogP contribution < -0.4 is 5.73 Å². The lowest BCUT2D eigenvalue weighted by Gasteiger charge is -2.21. The average molecular weight is 264 g/mol. The molecule has 2 rings (SSSR count). The lowest BCUT2D eigenvalue weighted by atomic mass is 10.3. The van der Waals surface area contributed by atoms with E-state index >= 15 is 0 Å². The van der Waals surface area contributed by atoms with Crippen molar-refractivity contribution in [2.24, 2.45) is 0 Å². The molecule has 2 amide bonds. The Hall–Kier alpha value is -1.98. The summed E-state index contributed by atoms with van der Waals surface area (Å²) < 4.78 is 0. The van der Waals surface area contributed by atoms with Gasteiger partial charge in [0.2, 0.25) is 5.91 Å². The number of rotatable bonds is 2. The Kier molecular flexibility index (Phi) is 4.09. The van der Waals surface area contributed by atoms with Crippen LogP contribution in [0.15, 0.2) is 12.3 Å². The molecule has 1 saturated heterocycles. The second-order valence-electron chi connectivity index (χ2n) is 4.73. The number of anilines is 1. The highest BCUT2D eigenvalue weighted by atomic mass is 16.2. The molecule has 1 aromatic heterocycles. The number of amides is 2. The number of nitrogens with two attached hydrogens (primary N) is 1. The van der Waals surface area contributed by atoms with Gasteiger partial charge in [-0.1, -0.05) is 6.92 Å². The molecule has 19 heavy (non-hydrogen) atoms. The summed E-state index contributed by atoms with van der Waals surface area (Å²) in [6.45, 7) is 4.44. The lowest BCUT2D eigenvalue weighted by molar-refractivity contribution is -0.130. The fourth-order valence-electron chi connectivity index (χ4n) is 2.30. The van der Waals surface area contributed by atoms with E-state index in [1.165, 1.54) is 0 Å². The predicted octanol–water partition coefficient (Wildman–Crippen LogP) is 0.681. The summed E-state index contributed by atoms with van der Waals surface area (Å²) in [5, 5.41) is 0. The van der Waals surface area contributed by atoms with Gasteiger partial charge in [0, 0.05) is 44.5 Å². The maximum absolute atomic E-state index is 12.2. The molecule has 2 heterocycles. The van der Waals surface area contributed by atoms with Crippen molar-refractivity contribution in [2.75, 3.05) is 31.9 Å². The summed E-state index contributed by atoms with van der Waals surface area (Å²) in [5.41, 5.74) is 6.67. The van der Waals surface area contributed by atoms with Gasteiger partial charge < -0.3 is 20.5 Å². The molecule has 0 bridgehead atoms. The van der Waals surface area contributed by atoms with Gasteiger partial charge in [0.15, 0.2) is 0 Å². The van der Waals surface area contributed by atoms with Crippen molar-refractivity contribution in [3.05, 3.63) is 18.0 Å². The summed E-state index contributed by atoms with van der Waals surface area (Å²) in [6.07, 6.45) is 2.94. The van der Waals surface area contributed by atoms with E-state index < -0.39 is 0 Å². The Balaban J connectivity index is 1.99. The Bertz CT molecular complexity index is 469. The molecule has 1 aliphatic rings. The van der Waals surface area contributed by atoms with E-state index in [2.05, 4.69) is 4.98 Å². The van der Waals surface area contributed by atoms with Gasteiger partial charge in [-0.05, 0) is 12.5 Å². The van der Waals surface area contributed by atoms with E-state index in [1.807, 2.05) is 11.8 Å². The Morgan fingerprint density at radius 2 is 1.95 bits per heavy atom. The Morgan fingerprint density at radius 3 is 2.58 bits per heavy atom. The molecule has 0 spiro atoms. The highest BCUT2D eigenvalue weighted by Crippen LogP contribution is 2.11. The first-order valence-electron chi connectivity index (χ1n) is 6.62. The van der Waals surface area contributed by atoms with E-state index in [0.29, 0.717) is 37.4 Å². The molecule has 3 N–H and O–H groups in total. The summed E-state index contributed by atoms with van der Waals surface area (Å²) in [5.74, 6) is 0.0981. The van der Waals surface area contributed by atoms with Crippen LogP contribution in [0.4, 0.5) is 5.69 Å². The minimum absolute atomic E-state index is 0.0532. The summed E-state index contributed by atoms with van der Waals surface area (Å²) in [6, 6.07) is 1.64. The number of nitrogens with zero attached hydrogens (tertiary/aromatic N) is 2. The summed E-state index contributed by atoms with van der Waals surface area (Å²) in [7, 11) is 0. The second kappa shape index (κ2) is 5.77. The lowest BCUT2D eigenvalue weighted by Crippen LogP contribution is -2.37. The van der Waals surface area contributed by atoms with Crippen LogP contribution in [0.2, 0.25) is 0 Å². The van der Waals surface area contributed by atoms with Crippen LogP contribution >= 0.6 is 0 Å². The van der Waals surface area contributed by atoms with Crippen molar-refractivity contribution in [1.29, 1.82) is 0 Å². The molecule has 0 unspecified atom stereocenters. The molecule has 1 fully saturated rings. The molecular formula is C13H20N4O2. The third-order valence-corrected chi connectivity index (χ3v) is 3.37. The van der Waals surface area contributed by atoms with Crippen molar-refractivity contribution in [1.82, 2.24) is 14.8 Å². The van der Waals surface area contributed by atoms with Crippen molar-refractivity contribution < 1.29 is 9.59 Å². The third kappa shape index (κ3) is 3.07. The Labute approximate surface area is 112 Å². The van der Waals surface area contributed by atoms with Gasteiger partial charge in [-0.15, -0.1) is 0 Å². The van der Waals surface area contributed by atoms with Crippen LogP contribution in [0.3, 0.4) is 0 Å². The SMILES string of the molecule is CCC(=O)N1CCCN(C(=O)c2cc(N)c[nH]2)CC1. The molecule has 0 atom stereocenters. The highest BCUT2D eigenvalue weighted by Gasteiger charge is 2.22. The zero-order chi connectivity index (χ0) is 13.8. The van der Waals surface area contributed by atoms with Crippen LogP contribution in [-0.4, -0.2) is 52.8 Å². The number of H-pyrrole nitrogens is 1. The zero-order valence-corrected chi connectivity index (χ0v) is 11.2. The van der Waals surface area contributed by atoms with Crippen molar-refractivity contribution in [3.63, 3.8) is 0 Å². The number of aromatic nitrogens is 1. The van der Waals surface area contributed by atoms with Crippen molar-refractivity contribution in [3.8, 4) is 0 Å². The van der Waals surface area contributed by atoms with Gasteiger partial charge >= 0.3 is 0 Å². The molecule has 0 aromatic carbocycles. The molecule has 6 nitrogen and oxygen atoms in total. The number of hydrogen-bond acceptors (Lipinski definition) is 3. The number of nitrogen functional groups attached to an aromatic ring is 1. The summed E-state index contributed by atoms with van der Waals surface area (Å²) in [4.78, 5) is 30.4. The standard InChI is InChI=1S/C13H20N4O2/c1-2-12(18)16-4-3-5-17(7-6-16)13(19)11-8-10(14)9-15-11/h8-9,15H,2-7,14H2,1H3. The molecule has 0 aliphatic carbocycles. The highest BCUT2D eigenvalue weighted by molar-refractivity contribution is 5.93. The topological polar surface area (TPSA) is 82.4 Å². The molecule has 6 heteroatoms. The third-order valence-electron chi connectivity index (χ3n) is 3.37. The first kappa shape index (κ1) is 13.5. The van der Waals surface area contributed by atoms with Gasteiger partial charge in [-0.3, -0.25) is 9.59 Å². The van der Waals surface area contributed by atoms with Crippen molar-refractivity contribution >= 4 is 17.5 Å². The number of carbonyl (C=O) groups excluding carboxylic acids is 2. The molecule has 104 valence electrons. The largest absolute Gasteiger partial charge is 0.397 e. The number of aromatic amines is 1. The molecule has 0 radical (unpaired) electrons. The first-order chi connectivity index (χ1) is 9.11. The molecular weight excluding hydrogens is 244 g/mol. The van der Waals surface area contributed by atoms with Crippen LogP contribution in [-0.2, 0) is 4.79 Å². The van der Waals surface area contributed by atoms with E-state index in [-0.39, 0.29) is 11.8 Å². The number of nitrogens with one attached hydrogen (secondary N) is 1. The quantitative estimate of drug-likeness (QED) is 0.824. The minimum Gasteiger partial charge on any atom is -0.397 e. The minimum atomic E-state index is -0.0532. The van der Waals surface area contributed by atoms with Gasteiger partial charge in [0.25, 0.3) is 5.91 Å².